The molecule has 3 heteroatoms. The summed E-state index contributed by atoms with van der Waals surface area (Å²) in [6, 6.07) is 10.5. The van der Waals surface area contributed by atoms with E-state index in [0.717, 1.165) is 24.5 Å². The summed E-state index contributed by atoms with van der Waals surface area (Å²) in [4.78, 5) is 14.9. The molecule has 18 heavy (non-hydrogen) atoms. The van der Waals surface area contributed by atoms with E-state index in [9.17, 15) is 4.79 Å². The van der Waals surface area contributed by atoms with E-state index in [2.05, 4.69) is 34.5 Å². The van der Waals surface area contributed by atoms with Crippen LogP contribution in [-0.4, -0.2) is 10.7 Å². The van der Waals surface area contributed by atoms with E-state index in [1.165, 1.54) is 16.7 Å². The Bertz CT molecular complexity index is 573. The number of rotatable bonds is 3. The Morgan fingerprint density at radius 1 is 1.28 bits per heavy atom. The number of hydrogen-bond donors (Lipinski definition) is 0. The molecule has 0 radical (unpaired) electrons. The van der Waals surface area contributed by atoms with Gasteiger partial charge in [0.2, 0.25) is 0 Å². The lowest BCUT2D eigenvalue weighted by Crippen LogP contribution is -2.16. The Kier molecular flexibility index (Phi) is 3.02. The van der Waals surface area contributed by atoms with Gasteiger partial charge in [0.1, 0.15) is 0 Å². The molecule has 2 nitrogen and oxygen atoms in total. The van der Waals surface area contributed by atoms with Crippen molar-refractivity contribution in [1.82, 2.24) is 4.90 Å². The van der Waals surface area contributed by atoms with E-state index in [1.807, 2.05) is 6.07 Å². The van der Waals surface area contributed by atoms with Crippen LogP contribution in [0.25, 0.3) is 0 Å². The molecule has 0 spiro atoms. The zero-order valence-electron chi connectivity index (χ0n) is 10.3. The first-order valence-corrected chi connectivity index (χ1v) is 6.98. The van der Waals surface area contributed by atoms with E-state index in [1.54, 1.807) is 18.3 Å². The second-order valence-electron chi connectivity index (χ2n) is 4.76. The van der Waals surface area contributed by atoms with Gasteiger partial charge in [0.05, 0.1) is 4.88 Å². The molecular weight excluding hydrogens is 242 g/mol. The quantitative estimate of drug-likeness (QED) is 0.785. The summed E-state index contributed by atoms with van der Waals surface area (Å²) in [6.07, 6.45) is 0. The average Bonchev–Trinajstić information content (AvgIpc) is 2.89. The molecule has 0 aliphatic carbocycles. The molecule has 2 aromatic rings. The molecule has 92 valence electrons. The molecule has 0 amide bonds. The smallest absolute Gasteiger partial charge is 0.170 e. The third kappa shape index (κ3) is 2.11. The van der Waals surface area contributed by atoms with Crippen LogP contribution in [0, 0.1) is 0 Å². The number of carbonyl (C=O) groups is 1. The first-order chi connectivity index (χ1) is 8.74. The monoisotopic (exact) mass is 257 g/mol. The Hall–Kier alpha value is -1.45. The van der Waals surface area contributed by atoms with Crippen molar-refractivity contribution in [3.8, 4) is 0 Å². The third-order valence-corrected chi connectivity index (χ3v) is 4.50. The molecule has 0 fully saturated rings. The molecule has 3 rings (SSSR count). The number of nitrogens with zero attached hydrogens (tertiary/aromatic N) is 1. The molecule has 0 unspecified atom stereocenters. The van der Waals surface area contributed by atoms with Crippen molar-refractivity contribution in [2.45, 2.75) is 26.6 Å². The molecule has 1 aromatic heterocycles. The molecule has 0 atom stereocenters. The molecule has 1 aromatic carbocycles. The highest BCUT2D eigenvalue weighted by molar-refractivity contribution is 7.12. The van der Waals surface area contributed by atoms with Gasteiger partial charge >= 0.3 is 0 Å². The standard InChI is InChI=1S/C15H15NOS/c1-11(17)15-14-9-16(8-13(14)10-18-15)7-12-5-3-2-4-6-12/h2-6,10H,7-9H2,1H3. The minimum atomic E-state index is 0.197. The number of Topliss-reactive ketones (excluding diaryl/α,β-unsaturated/α-hetero) is 1. The lowest BCUT2D eigenvalue weighted by Gasteiger charge is -2.15. The van der Waals surface area contributed by atoms with Crippen LogP contribution in [0.4, 0.5) is 0 Å². The minimum absolute atomic E-state index is 0.197. The first kappa shape index (κ1) is 11.6. The van der Waals surface area contributed by atoms with Gasteiger partial charge in [-0.2, -0.15) is 0 Å². The molecule has 2 heterocycles. The van der Waals surface area contributed by atoms with Crippen LogP contribution in [0.5, 0.6) is 0 Å². The number of fused-ring (bicyclic) bond motifs is 1. The van der Waals surface area contributed by atoms with E-state index in [4.69, 9.17) is 0 Å². The zero-order chi connectivity index (χ0) is 12.5. The van der Waals surface area contributed by atoms with Gasteiger partial charge in [-0.1, -0.05) is 30.3 Å². The molecule has 1 aliphatic heterocycles. The van der Waals surface area contributed by atoms with Crippen molar-refractivity contribution >= 4 is 17.1 Å². The second kappa shape index (κ2) is 4.67. The van der Waals surface area contributed by atoms with Crippen LogP contribution in [0.2, 0.25) is 0 Å². The molecule has 0 saturated carbocycles. The van der Waals surface area contributed by atoms with Crippen molar-refractivity contribution in [3.63, 3.8) is 0 Å². The number of benzene rings is 1. The number of hydrogen-bond acceptors (Lipinski definition) is 3. The Balaban J connectivity index is 1.75. The maximum absolute atomic E-state index is 11.5. The van der Waals surface area contributed by atoms with Crippen molar-refractivity contribution in [2.75, 3.05) is 0 Å². The number of thiophene rings is 1. The lowest BCUT2D eigenvalue weighted by molar-refractivity contribution is 0.102. The van der Waals surface area contributed by atoms with Crippen molar-refractivity contribution < 1.29 is 4.79 Å². The van der Waals surface area contributed by atoms with Crippen molar-refractivity contribution in [1.29, 1.82) is 0 Å². The second-order valence-corrected chi connectivity index (χ2v) is 5.64. The summed E-state index contributed by atoms with van der Waals surface area (Å²) >= 11 is 1.59. The van der Waals surface area contributed by atoms with Crippen molar-refractivity contribution in [2.24, 2.45) is 0 Å². The minimum Gasteiger partial charge on any atom is -0.294 e. The number of ketones is 1. The Morgan fingerprint density at radius 3 is 2.78 bits per heavy atom. The van der Waals surface area contributed by atoms with E-state index in [0.29, 0.717) is 0 Å². The van der Waals surface area contributed by atoms with E-state index < -0.39 is 0 Å². The molecular formula is C15H15NOS. The molecule has 1 aliphatic rings. The normalized spacial score (nSPS) is 14.7. The summed E-state index contributed by atoms with van der Waals surface area (Å²) in [5, 5.41) is 2.14. The fourth-order valence-corrected chi connectivity index (χ4v) is 3.47. The fourth-order valence-electron chi connectivity index (χ4n) is 2.49. The molecule has 0 saturated heterocycles. The van der Waals surface area contributed by atoms with Crippen LogP contribution in [0.15, 0.2) is 35.7 Å². The highest BCUT2D eigenvalue weighted by atomic mass is 32.1. The van der Waals surface area contributed by atoms with Crippen molar-refractivity contribution in [3.05, 3.63) is 57.3 Å². The summed E-state index contributed by atoms with van der Waals surface area (Å²) in [5.41, 5.74) is 3.92. The molecule has 0 N–H and O–H groups in total. The predicted octanol–water partition coefficient (Wildman–Crippen LogP) is 3.47. The third-order valence-electron chi connectivity index (χ3n) is 3.33. The maximum atomic E-state index is 11.5. The van der Waals surface area contributed by atoms with Crippen LogP contribution in [-0.2, 0) is 19.6 Å². The maximum Gasteiger partial charge on any atom is 0.170 e. The van der Waals surface area contributed by atoms with Gasteiger partial charge in [0.25, 0.3) is 0 Å². The van der Waals surface area contributed by atoms with Gasteiger partial charge < -0.3 is 0 Å². The van der Waals surface area contributed by atoms with E-state index >= 15 is 0 Å². The Labute approximate surface area is 111 Å². The highest BCUT2D eigenvalue weighted by Crippen LogP contribution is 2.32. The van der Waals surface area contributed by atoms with Crippen LogP contribution in [0.3, 0.4) is 0 Å². The van der Waals surface area contributed by atoms with E-state index in [-0.39, 0.29) is 5.78 Å². The average molecular weight is 257 g/mol. The van der Waals surface area contributed by atoms with Gasteiger partial charge in [-0.25, -0.2) is 0 Å². The summed E-state index contributed by atoms with van der Waals surface area (Å²) in [6.45, 7) is 4.49. The van der Waals surface area contributed by atoms with Gasteiger partial charge in [-0.3, -0.25) is 9.69 Å². The Morgan fingerprint density at radius 2 is 2.06 bits per heavy atom. The molecule has 0 bridgehead atoms. The van der Waals surface area contributed by atoms with Gasteiger partial charge in [-0.15, -0.1) is 11.3 Å². The summed E-state index contributed by atoms with van der Waals surface area (Å²) in [5.74, 6) is 0.197. The predicted molar refractivity (Wildman–Crippen MR) is 73.7 cm³/mol. The largest absolute Gasteiger partial charge is 0.294 e. The van der Waals surface area contributed by atoms with Gasteiger partial charge in [0, 0.05) is 19.6 Å². The highest BCUT2D eigenvalue weighted by Gasteiger charge is 2.24. The topological polar surface area (TPSA) is 20.3 Å². The fraction of sp³-hybridized carbons (Fsp3) is 0.267. The zero-order valence-corrected chi connectivity index (χ0v) is 11.2. The van der Waals surface area contributed by atoms with Crippen LogP contribution in [0.1, 0.15) is 33.3 Å². The summed E-state index contributed by atoms with van der Waals surface area (Å²) in [7, 11) is 0. The number of carbonyl (C=O) groups excluding carboxylic acids is 1. The first-order valence-electron chi connectivity index (χ1n) is 6.10. The van der Waals surface area contributed by atoms with Crippen LogP contribution >= 0.6 is 11.3 Å². The lowest BCUT2D eigenvalue weighted by atomic mass is 10.1. The SMILES string of the molecule is CC(=O)c1scc2c1CN(Cc1ccccc1)C2. The summed E-state index contributed by atoms with van der Waals surface area (Å²) < 4.78 is 0. The van der Waals surface area contributed by atoms with Crippen LogP contribution < -0.4 is 0 Å². The van der Waals surface area contributed by atoms with Gasteiger partial charge in [0.15, 0.2) is 5.78 Å². The van der Waals surface area contributed by atoms with Gasteiger partial charge in [-0.05, 0) is 29.0 Å².